The summed E-state index contributed by atoms with van der Waals surface area (Å²) in [5.74, 6) is 1.84. The van der Waals surface area contributed by atoms with E-state index in [9.17, 15) is 0 Å². The zero-order valence-electron chi connectivity index (χ0n) is 33.1. The van der Waals surface area contributed by atoms with Crippen molar-refractivity contribution in [3.05, 3.63) is 225 Å². The molecule has 11 aromatic rings. The minimum absolute atomic E-state index is 0.606. The second-order valence-electron chi connectivity index (χ2n) is 15.1. The van der Waals surface area contributed by atoms with Crippen LogP contribution in [0, 0.1) is 0 Å². The van der Waals surface area contributed by atoms with Gasteiger partial charge in [0, 0.05) is 38.8 Å². The Morgan fingerprint density at radius 2 is 0.623 bits per heavy atom. The van der Waals surface area contributed by atoms with E-state index in [2.05, 4.69) is 211 Å². The lowest BCUT2D eigenvalue weighted by molar-refractivity contribution is 0.976. The van der Waals surface area contributed by atoms with Gasteiger partial charge in [-0.1, -0.05) is 218 Å². The molecule has 286 valence electrons. The first kappa shape index (κ1) is 35.8. The van der Waals surface area contributed by atoms with Gasteiger partial charge in [0.15, 0.2) is 17.5 Å². The molecule has 0 aliphatic rings. The second-order valence-corrected chi connectivity index (χ2v) is 15.1. The van der Waals surface area contributed by atoms with Gasteiger partial charge < -0.3 is 0 Å². The van der Waals surface area contributed by atoms with E-state index in [1.165, 1.54) is 0 Å². The van der Waals surface area contributed by atoms with Gasteiger partial charge in [-0.05, 0) is 38.8 Å². The van der Waals surface area contributed by atoms with Crippen molar-refractivity contribution in [2.45, 2.75) is 0 Å². The molecule has 0 saturated carbocycles. The molecule has 0 aliphatic heterocycles. The van der Waals surface area contributed by atoms with Crippen molar-refractivity contribution in [3.63, 3.8) is 0 Å². The summed E-state index contributed by atoms with van der Waals surface area (Å²) >= 11 is 0. The molecule has 3 heterocycles. The summed E-state index contributed by atoms with van der Waals surface area (Å²) in [5.41, 5.74) is 15.0. The highest BCUT2D eigenvalue weighted by molar-refractivity contribution is 6.13. The predicted octanol–water partition coefficient (Wildman–Crippen LogP) is 14.0. The average molecular weight is 780 g/mol. The number of fused-ring (bicyclic) bond motifs is 3. The summed E-state index contributed by atoms with van der Waals surface area (Å²) in [6.07, 6.45) is 2.00. The first-order valence-corrected chi connectivity index (χ1v) is 20.5. The fourth-order valence-electron chi connectivity index (χ4n) is 8.34. The third-order valence-electron chi connectivity index (χ3n) is 11.4. The van der Waals surface area contributed by atoms with Crippen LogP contribution in [0.5, 0.6) is 0 Å². The molecule has 61 heavy (non-hydrogen) atoms. The van der Waals surface area contributed by atoms with E-state index in [0.29, 0.717) is 17.5 Å². The number of rotatable bonds is 8. The normalized spacial score (nSPS) is 11.3. The Bertz CT molecular complexity index is 3190. The molecule has 0 bridgehead atoms. The first-order valence-electron chi connectivity index (χ1n) is 20.5. The van der Waals surface area contributed by atoms with Crippen LogP contribution in [0.1, 0.15) is 0 Å². The van der Waals surface area contributed by atoms with Gasteiger partial charge in [0.05, 0.1) is 17.4 Å². The molecular formula is C56H37N5. The van der Waals surface area contributed by atoms with Crippen molar-refractivity contribution in [2.24, 2.45) is 0 Å². The predicted molar refractivity (Wildman–Crippen MR) is 250 cm³/mol. The topological polar surface area (TPSA) is 56.0 Å². The summed E-state index contributed by atoms with van der Waals surface area (Å²) < 4.78 is 2.12. The van der Waals surface area contributed by atoms with Gasteiger partial charge >= 0.3 is 0 Å². The van der Waals surface area contributed by atoms with Gasteiger partial charge in [-0.25, -0.2) is 19.5 Å². The Kier molecular flexibility index (Phi) is 9.10. The Morgan fingerprint density at radius 1 is 0.279 bits per heavy atom. The Hall–Kier alpha value is -8.28. The number of aromatic nitrogens is 5. The molecule has 0 saturated heterocycles. The smallest absolute Gasteiger partial charge is 0.164 e. The zero-order valence-corrected chi connectivity index (χ0v) is 33.1. The molecule has 0 radical (unpaired) electrons. The zero-order chi connectivity index (χ0) is 40.5. The minimum atomic E-state index is 0.606. The second kappa shape index (κ2) is 15.5. The number of benzene rings is 8. The van der Waals surface area contributed by atoms with Crippen molar-refractivity contribution in [2.75, 3.05) is 0 Å². The molecule has 0 spiro atoms. The van der Waals surface area contributed by atoms with Crippen molar-refractivity contribution >= 4 is 16.3 Å². The number of pyridine rings is 1. The maximum absolute atomic E-state index is 5.12. The molecule has 0 unspecified atom stereocenters. The van der Waals surface area contributed by atoms with Gasteiger partial charge in [-0.15, -0.1) is 0 Å². The van der Waals surface area contributed by atoms with E-state index in [0.717, 1.165) is 88.7 Å². The van der Waals surface area contributed by atoms with Crippen molar-refractivity contribution in [1.29, 1.82) is 0 Å². The van der Waals surface area contributed by atoms with E-state index in [4.69, 9.17) is 20.1 Å². The molecule has 0 aliphatic carbocycles. The highest BCUT2D eigenvalue weighted by Gasteiger charge is 2.22. The van der Waals surface area contributed by atoms with Gasteiger partial charge in [0.2, 0.25) is 0 Å². The van der Waals surface area contributed by atoms with E-state index in [-0.39, 0.29) is 0 Å². The fraction of sp³-hybridized carbons (Fsp3) is 0. The molecule has 5 heteroatoms. The van der Waals surface area contributed by atoms with Gasteiger partial charge in [0.25, 0.3) is 0 Å². The fourth-order valence-corrected chi connectivity index (χ4v) is 8.34. The maximum atomic E-state index is 5.12. The summed E-state index contributed by atoms with van der Waals surface area (Å²) in [4.78, 5) is 15.3. The molecule has 5 nitrogen and oxygen atoms in total. The van der Waals surface area contributed by atoms with Crippen LogP contribution >= 0.6 is 0 Å². The van der Waals surface area contributed by atoms with Crippen LogP contribution in [0.2, 0.25) is 0 Å². The quantitative estimate of drug-likeness (QED) is 0.154. The lowest BCUT2D eigenvalue weighted by Gasteiger charge is -2.18. The maximum Gasteiger partial charge on any atom is 0.164 e. The Morgan fingerprint density at radius 3 is 1.08 bits per heavy atom. The lowest BCUT2D eigenvalue weighted by Crippen LogP contribution is -2.01. The highest BCUT2D eigenvalue weighted by Crippen LogP contribution is 2.43. The van der Waals surface area contributed by atoms with Crippen molar-refractivity contribution in [3.8, 4) is 89.9 Å². The van der Waals surface area contributed by atoms with Crippen LogP contribution in [-0.4, -0.2) is 24.6 Å². The van der Waals surface area contributed by atoms with Crippen LogP contribution in [0.4, 0.5) is 0 Å². The van der Waals surface area contributed by atoms with Gasteiger partial charge in [-0.3, -0.25) is 0 Å². The SMILES string of the molecule is c1ccc(-c2ccc(-c3nc(-c4ccc(-c5ccccc5)cc4)nc(-c4ccc(-c5c(-c6ccccc6)n6ncc(-c7ccccc7)c6c6ccccc56)cc4)n3)cc2)cc1. The van der Waals surface area contributed by atoms with E-state index in [1.807, 2.05) is 18.3 Å². The Balaban J connectivity index is 1.05. The standard InChI is InChI=1S/C56H37N5/c1-5-15-38(16-6-1)40-25-31-45(32-26-40)54-58-55(46-33-27-41(28-34-46)39-17-7-2-8-18-39)60-56(59-54)47-35-29-43(30-36-47)51-48-23-13-14-24-49(48)53-50(42-19-9-3-10-20-42)37-57-61(53)52(51)44-21-11-4-12-22-44/h1-37H. The van der Waals surface area contributed by atoms with Gasteiger partial charge in [0.1, 0.15) is 0 Å². The molecule has 3 aromatic heterocycles. The third-order valence-corrected chi connectivity index (χ3v) is 11.4. The van der Waals surface area contributed by atoms with Crippen LogP contribution in [0.25, 0.3) is 106 Å². The molecule has 8 aromatic carbocycles. The first-order chi connectivity index (χ1) is 30.2. The number of hydrogen-bond donors (Lipinski definition) is 0. The van der Waals surface area contributed by atoms with Crippen LogP contribution < -0.4 is 0 Å². The molecule has 11 rings (SSSR count). The summed E-state index contributed by atoms with van der Waals surface area (Å²) in [6, 6.07) is 76.1. The van der Waals surface area contributed by atoms with Crippen LogP contribution in [0.3, 0.4) is 0 Å². The lowest BCUT2D eigenvalue weighted by atomic mass is 9.92. The van der Waals surface area contributed by atoms with E-state index < -0.39 is 0 Å². The minimum Gasteiger partial charge on any atom is -0.231 e. The third kappa shape index (κ3) is 6.74. The highest BCUT2D eigenvalue weighted by atomic mass is 15.2. The van der Waals surface area contributed by atoms with Crippen LogP contribution in [-0.2, 0) is 0 Å². The van der Waals surface area contributed by atoms with Crippen LogP contribution in [0.15, 0.2) is 225 Å². The summed E-state index contributed by atoms with van der Waals surface area (Å²) in [5, 5.41) is 7.38. The monoisotopic (exact) mass is 779 g/mol. The number of hydrogen-bond acceptors (Lipinski definition) is 4. The molecule has 0 amide bonds. The molecule has 0 fully saturated rings. The molecule has 0 N–H and O–H groups in total. The molecular weight excluding hydrogens is 743 g/mol. The summed E-state index contributed by atoms with van der Waals surface area (Å²) in [7, 11) is 0. The molecule has 0 atom stereocenters. The average Bonchev–Trinajstić information content (AvgIpc) is 3.80. The largest absolute Gasteiger partial charge is 0.231 e. The van der Waals surface area contributed by atoms with Crippen molar-refractivity contribution < 1.29 is 0 Å². The Labute approximate surface area is 354 Å². The number of nitrogens with zero attached hydrogens (tertiary/aromatic N) is 5. The van der Waals surface area contributed by atoms with Crippen molar-refractivity contribution in [1.82, 2.24) is 24.6 Å². The van der Waals surface area contributed by atoms with E-state index in [1.54, 1.807) is 0 Å². The van der Waals surface area contributed by atoms with Gasteiger partial charge in [-0.2, -0.15) is 5.10 Å². The van der Waals surface area contributed by atoms with E-state index >= 15 is 0 Å². The summed E-state index contributed by atoms with van der Waals surface area (Å²) in [6.45, 7) is 0.